The molecule has 0 radical (unpaired) electrons. The van der Waals surface area contributed by atoms with Crippen molar-refractivity contribution in [2.75, 3.05) is 0 Å². The van der Waals surface area contributed by atoms with Crippen molar-refractivity contribution in [3.8, 4) is 0 Å². The van der Waals surface area contributed by atoms with Gasteiger partial charge in [0.1, 0.15) is 5.76 Å². The second kappa shape index (κ2) is 5.87. The van der Waals surface area contributed by atoms with Crippen LogP contribution in [0, 0.1) is 5.92 Å². The molecule has 2 aliphatic rings. The maximum atomic E-state index is 12.8. The molecule has 5 nitrogen and oxygen atoms in total. The number of rotatable bonds is 5. The van der Waals surface area contributed by atoms with Crippen molar-refractivity contribution in [3.63, 3.8) is 0 Å². The quantitative estimate of drug-likeness (QED) is 0.853. The lowest BCUT2D eigenvalue weighted by Crippen LogP contribution is -2.38. The SMILES string of the molecule is Cn1nc(CN(Cc2ccco2)C(=O)C2CCC2)c2c1CCC2. The molecule has 0 atom stereocenters. The monoisotopic (exact) mass is 313 g/mol. The third-order valence-electron chi connectivity index (χ3n) is 5.23. The van der Waals surface area contributed by atoms with Crippen LogP contribution in [-0.2, 0) is 37.8 Å². The van der Waals surface area contributed by atoms with E-state index in [0.29, 0.717) is 13.1 Å². The maximum absolute atomic E-state index is 12.8. The molecule has 1 saturated carbocycles. The Labute approximate surface area is 136 Å². The van der Waals surface area contributed by atoms with Gasteiger partial charge in [0.25, 0.3) is 0 Å². The van der Waals surface area contributed by atoms with Crippen LogP contribution in [-0.4, -0.2) is 20.6 Å². The Morgan fingerprint density at radius 2 is 2.22 bits per heavy atom. The average molecular weight is 313 g/mol. The summed E-state index contributed by atoms with van der Waals surface area (Å²) in [7, 11) is 2.01. The first-order valence-electron chi connectivity index (χ1n) is 8.57. The molecule has 0 aliphatic heterocycles. The van der Waals surface area contributed by atoms with Crippen molar-refractivity contribution in [2.45, 2.75) is 51.6 Å². The van der Waals surface area contributed by atoms with Crippen LogP contribution in [0.25, 0.3) is 0 Å². The fourth-order valence-corrected chi connectivity index (χ4v) is 3.72. The first-order chi connectivity index (χ1) is 11.2. The van der Waals surface area contributed by atoms with Gasteiger partial charge in [-0.05, 0) is 49.8 Å². The molecule has 2 aromatic rings. The molecule has 122 valence electrons. The van der Waals surface area contributed by atoms with Gasteiger partial charge < -0.3 is 9.32 Å². The molecule has 23 heavy (non-hydrogen) atoms. The molecule has 0 spiro atoms. The standard InChI is InChI=1S/C18H23N3O2/c1-20-17-9-3-8-15(17)16(19-20)12-21(11-14-7-4-10-23-14)18(22)13-5-2-6-13/h4,7,10,13H,2-3,5-6,8-9,11-12H2,1H3. The highest BCUT2D eigenvalue weighted by Gasteiger charge is 2.31. The third-order valence-corrected chi connectivity index (χ3v) is 5.23. The predicted molar refractivity (Wildman–Crippen MR) is 85.5 cm³/mol. The van der Waals surface area contributed by atoms with Gasteiger partial charge in [0, 0.05) is 18.7 Å². The molecule has 0 aromatic carbocycles. The van der Waals surface area contributed by atoms with Crippen molar-refractivity contribution < 1.29 is 9.21 Å². The fourth-order valence-electron chi connectivity index (χ4n) is 3.72. The number of furan rings is 1. The van der Waals surface area contributed by atoms with Crippen LogP contribution in [0.3, 0.4) is 0 Å². The summed E-state index contributed by atoms with van der Waals surface area (Å²) < 4.78 is 7.46. The van der Waals surface area contributed by atoms with Crippen LogP contribution in [0.4, 0.5) is 0 Å². The Bertz CT molecular complexity index is 698. The van der Waals surface area contributed by atoms with Gasteiger partial charge in [0.05, 0.1) is 25.0 Å². The summed E-state index contributed by atoms with van der Waals surface area (Å²) in [5, 5.41) is 4.68. The summed E-state index contributed by atoms with van der Waals surface area (Å²) in [4.78, 5) is 14.7. The molecule has 0 N–H and O–H groups in total. The van der Waals surface area contributed by atoms with Crippen LogP contribution < -0.4 is 0 Å². The summed E-state index contributed by atoms with van der Waals surface area (Å²) in [6.07, 6.45) is 8.27. The number of hydrogen-bond donors (Lipinski definition) is 0. The summed E-state index contributed by atoms with van der Waals surface area (Å²) in [5.74, 6) is 1.29. The predicted octanol–water partition coefficient (Wildman–Crippen LogP) is 2.83. The molecule has 4 rings (SSSR count). The molecule has 2 aromatic heterocycles. The van der Waals surface area contributed by atoms with E-state index in [1.54, 1.807) is 6.26 Å². The molecule has 0 bridgehead atoms. The summed E-state index contributed by atoms with van der Waals surface area (Å²) in [6, 6.07) is 3.81. The molecule has 0 saturated heterocycles. The molecule has 1 amide bonds. The van der Waals surface area contributed by atoms with E-state index in [-0.39, 0.29) is 11.8 Å². The van der Waals surface area contributed by atoms with E-state index >= 15 is 0 Å². The van der Waals surface area contributed by atoms with E-state index in [1.807, 2.05) is 28.8 Å². The van der Waals surface area contributed by atoms with Crippen LogP contribution in [0.1, 0.15) is 48.4 Å². The van der Waals surface area contributed by atoms with Crippen LogP contribution in [0.5, 0.6) is 0 Å². The van der Waals surface area contributed by atoms with Gasteiger partial charge in [-0.25, -0.2) is 0 Å². The zero-order valence-electron chi connectivity index (χ0n) is 13.6. The first kappa shape index (κ1) is 14.5. The normalized spacial score (nSPS) is 17.1. The van der Waals surface area contributed by atoms with E-state index in [9.17, 15) is 4.79 Å². The van der Waals surface area contributed by atoms with Crippen molar-refractivity contribution in [1.29, 1.82) is 0 Å². The van der Waals surface area contributed by atoms with Crippen LogP contribution in [0.15, 0.2) is 22.8 Å². The number of fused-ring (bicyclic) bond motifs is 1. The first-order valence-corrected chi connectivity index (χ1v) is 8.57. The second-order valence-electron chi connectivity index (χ2n) is 6.75. The van der Waals surface area contributed by atoms with Gasteiger partial charge in [-0.1, -0.05) is 6.42 Å². The average Bonchev–Trinajstić information content (AvgIpc) is 3.18. The minimum atomic E-state index is 0.196. The largest absolute Gasteiger partial charge is 0.467 e. The number of hydrogen-bond acceptors (Lipinski definition) is 3. The zero-order chi connectivity index (χ0) is 15.8. The summed E-state index contributed by atoms with van der Waals surface area (Å²) in [6.45, 7) is 1.13. The Morgan fingerprint density at radius 1 is 1.35 bits per heavy atom. The van der Waals surface area contributed by atoms with Gasteiger partial charge in [-0.3, -0.25) is 9.48 Å². The van der Waals surface area contributed by atoms with Crippen molar-refractivity contribution in [2.24, 2.45) is 13.0 Å². The van der Waals surface area contributed by atoms with Crippen molar-refractivity contribution in [3.05, 3.63) is 41.1 Å². The highest BCUT2D eigenvalue weighted by Crippen LogP contribution is 2.31. The maximum Gasteiger partial charge on any atom is 0.226 e. The topological polar surface area (TPSA) is 51.3 Å². The molecular weight excluding hydrogens is 290 g/mol. The lowest BCUT2D eigenvalue weighted by molar-refractivity contribution is -0.139. The highest BCUT2D eigenvalue weighted by molar-refractivity contribution is 5.79. The van der Waals surface area contributed by atoms with E-state index in [1.165, 1.54) is 24.1 Å². The van der Waals surface area contributed by atoms with Gasteiger partial charge in [-0.15, -0.1) is 0 Å². The number of carbonyl (C=O) groups is 1. The van der Waals surface area contributed by atoms with E-state index in [4.69, 9.17) is 4.42 Å². The smallest absolute Gasteiger partial charge is 0.226 e. The lowest BCUT2D eigenvalue weighted by atomic mass is 9.84. The van der Waals surface area contributed by atoms with Crippen LogP contribution in [0.2, 0.25) is 0 Å². The lowest BCUT2D eigenvalue weighted by Gasteiger charge is -2.31. The highest BCUT2D eigenvalue weighted by atomic mass is 16.3. The summed E-state index contributed by atoms with van der Waals surface area (Å²) in [5.41, 5.74) is 3.77. The molecule has 5 heteroatoms. The second-order valence-corrected chi connectivity index (χ2v) is 6.75. The molecule has 0 unspecified atom stereocenters. The van der Waals surface area contributed by atoms with Gasteiger partial charge in [-0.2, -0.15) is 5.10 Å². The Hall–Kier alpha value is -2.04. The number of nitrogens with zero attached hydrogens (tertiary/aromatic N) is 3. The molecular formula is C18H23N3O2. The zero-order valence-corrected chi connectivity index (χ0v) is 13.6. The van der Waals surface area contributed by atoms with E-state index in [2.05, 4.69) is 5.10 Å². The molecule has 2 aliphatic carbocycles. The Morgan fingerprint density at radius 3 is 2.91 bits per heavy atom. The number of aromatic nitrogens is 2. The van der Waals surface area contributed by atoms with E-state index < -0.39 is 0 Å². The van der Waals surface area contributed by atoms with Crippen molar-refractivity contribution in [1.82, 2.24) is 14.7 Å². The van der Waals surface area contributed by atoms with Crippen LogP contribution >= 0.6 is 0 Å². The van der Waals surface area contributed by atoms with E-state index in [0.717, 1.165) is 37.1 Å². The number of aryl methyl sites for hydroxylation is 1. The molecule has 2 heterocycles. The van der Waals surface area contributed by atoms with Gasteiger partial charge in [0.15, 0.2) is 0 Å². The van der Waals surface area contributed by atoms with Gasteiger partial charge in [0.2, 0.25) is 5.91 Å². The van der Waals surface area contributed by atoms with Gasteiger partial charge >= 0.3 is 0 Å². The third kappa shape index (κ3) is 2.69. The minimum Gasteiger partial charge on any atom is -0.467 e. The number of carbonyl (C=O) groups excluding carboxylic acids is 1. The molecule has 1 fully saturated rings. The Balaban J connectivity index is 1.57. The minimum absolute atomic E-state index is 0.196. The Kier molecular flexibility index (Phi) is 3.71. The summed E-state index contributed by atoms with van der Waals surface area (Å²) >= 11 is 0. The fraction of sp³-hybridized carbons (Fsp3) is 0.556. The number of amides is 1. The van der Waals surface area contributed by atoms with Crippen molar-refractivity contribution >= 4 is 5.91 Å².